The third kappa shape index (κ3) is 10.8. The summed E-state index contributed by atoms with van der Waals surface area (Å²) in [5, 5.41) is 2.48. The van der Waals surface area contributed by atoms with E-state index in [1.807, 2.05) is 71.4 Å². The number of likely N-dealkylation sites (tertiary alicyclic amines) is 1. The molecule has 2 aromatic rings. The molecule has 0 bridgehead atoms. The van der Waals surface area contributed by atoms with Crippen LogP contribution in [0.15, 0.2) is 59.6 Å². The van der Waals surface area contributed by atoms with Gasteiger partial charge in [-0.1, -0.05) is 42.5 Å². The van der Waals surface area contributed by atoms with Gasteiger partial charge in [0.25, 0.3) is 0 Å². The van der Waals surface area contributed by atoms with Crippen molar-refractivity contribution in [1.29, 1.82) is 0 Å². The van der Waals surface area contributed by atoms with Crippen LogP contribution in [-0.4, -0.2) is 86.3 Å². The number of nitrogens with one attached hydrogen (secondary N) is 1. The van der Waals surface area contributed by atoms with Crippen LogP contribution in [0.3, 0.4) is 0 Å². The first-order valence-electron chi connectivity index (χ1n) is 13.6. The fourth-order valence-electron chi connectivity index (χ4n) is 4.11. The number of nitrogens with zero attached hydrogens (tertiary/aromatic N) is 3. The van der Waals surface area contributed by atoms with Crippen LogP contribution in [0, 0.1) is 0 Å². The Morgan fingerprint density at radius 1 is 1.10 bits per heavy atom. The molecule has 0 aliphatic carbocycles. The molecule has 0 radical (unpaired) electrons. The third-order valence-corrected chi connectivity index (χ3v) is 6.42. The molecule has 0 saturated carbocycles. The largest absolute Gasteiger partial charge is 0.497 e. The summed E-state index contributed by atoms with van der Waals surface area (Å²) < 4.78 is 10.6. The maximum Gasteiger partial charge on any atom is 0.249 e. The lowest BCUT2D eigenvalue weighted by atomic mass is 10.0. The first kappa shape index (κ1) is 33.2. The van der Waals surface area contributed by atoms with Crippen molar-refractivity contribution >= 4 is 24.1 Å². The Kier molecular flexibility index (Phi) is 13.2. The molecule has 0 aromatic heterocycles. The summed E-state index contributed by atoms with van der Waals surface area (Å²) >= 11 is 0. The number of primary amides is 1. The number of hydrogen-bond acceptors (Lipinski definition) is 7. The number of ether oxygens (including phenoxy) is 2. The van der Waals surface area contributed by atoms with Crippen LogP contribution in [0.2, 0.25) is 0 Å². The van der Waals surface area contributed by atoms with E-state index >= 15 is 0 Å². The van der Waals surface area contributed by atoms with E-state index in [-0.39, 0.29) is 18.6 Å². The quantitative estimate of drug-likeness (QED) is 0.261. The summed E-state index contributed by atoms with van der Waals surface area (Å²) in [7, 11) is 5.23. The van der Waals surface area contributed by atoms with Gasteiger partial charge < -0.3 is 36.1 Å². The lowest BCUT2D eigenvalue weighted by molar-refractivity contribution is -0.134. The summed E-state index contributed by atoms with van der Waals surface area (Å²) in [6.45, 7) is 5.14. The van der Waals surface area contributed by atoms with E-state index in [1.54, 1.807) is 34.3 Å². The average molecular weight is 569 g/mol. The summed E-state index contributed by atoms with van der Waals surface area (Å²) in [5.74, 6) is -0.182. The second-order valence-corrected chi connectivity index (χ2v) is 10.4. The number of hydrogen-bond donors (Lipinski definition) is 3. The van der Waals surface area contributed by atoms with Gasteiger partial charge in [0.15, 0.2) is 0 Å². The minimum absolute atomic E-state index is 0.00600. The van der Waals surface area contributed by atoms with Crippen LogP contribution in [0.4, 0.5) is 0 Å². The van der Waals surface area contributed by atoms with Crippen LogP contribution in [0.25, 0.3) is 0 Å². The lowest BCUT2D eigenvalue weighted by Gasteiger charge is -2.29. The second kappa shape index (κ2) is 16.3. The Labute approximate surface area is 242 Å². The Morgan fingerprint density at radius 3 is 2.22 bits per heavy atom. The van der Waals surface area contributed by atoms with Crippen molar-refractivity contribution in [2.75, 3.05) is 40.9 Å². The van der Waals surface area contributed by atoms with Crippen molar-refractivity contribution in [3.63, 3.8) is 0 Å². The summed E-state index contributed by atoms with van der Waals surface area (Å²) in [6.07, 6.45) is 3.88. The average Bonchev–Trinajstić information content (AvgIpc) is 3.49. The number of carbonyl (C=O) groups is 3. The van der Waals surface area contributed by atoms with Crippen molar-refractivity contribution in [3.8, 4) is 5.75 Å². The molecule has 11 heteroatoms. The van der Waals surface area contributed by atoms with Gasteiger partial charge in [0.05, 0.1) is 32.2 Å². The highest BCUT2D eigenvalue weighted by Gasteiger charge is 2.30. The molecule has 2 atom stereocenters. The van der Waals surface area contributed by atoms with E-state index in [1.165, 1.54) is 0 Å². The van der Waals surface area contributed by atoms with E-state index in [0.717, 1.165) is 42.8 Å². The molecule has 1 heterocycles. The second-order valence-electron chi connectivity index (χ2n) is 10.4. The number of likely N-dealkylation sites (N-methyl/N-ethyl adjacent to an activating group) is 1. The van der Waals surface area contributed by atoms with Gasteiger partial charge in [-0.15, -0.1) is 0 Å². The van der Waals surface area contributed by atoms with Gasteiger partial charge in [-0.2, -0.15) is 0 Å². The number of benzene rings is 2. The first-order chi connectivity index (χ1) is 19.5. The number of carbonyl (C=O) groups excluding carboxylic acids is 3. The fraction of sp³-hybridized carbons (Fsp3) is 0.467. The Bertz CT molecular complexity index is 1130. The highest BCUT2D eigenvalue weighted by molar-refractivity contribution is 5.91. The smallest absolute Gasteiger partial charge is 0.249 e. The molecule has 1 aliphatic rings. The Balaban J connectivity index is 0.000000287. The van der Waals surface area contributed by atoms with Crippen LogP contribution in [-0.2, 0) is 25.7 Å². The molecule has 3 amide bonds. The van der Waals surface area contributed by atoms with Crippen molar-refractivity contribution in [1.82, 2.24) is 15.1 Å². The van der Waals surface area contributed by atoms with Gasteiger partial charge in [-0.05, 0) is 49.9 Å². The van der Waals surface area contributed by atoms with Crippen LogP contribution in [0.1, 0.15) is 43.9 Å². The third-order valence-electron chi connectivity index (χ3n) is 6.42. The Morgan fingerprint density at radius 2 is 1.71 bits per heavy atom. The van der Waals surface area contributed by atoms with E-state index in [2.05, 4.69) is 10.3 Å². The van der Waals surface area contributed by atoms with Gasteiger partial charge in [-0.25, -0.2) is 0 Å². The highest BCUT2D eigenvalue weighted by Crippen LogP contribution is 2.25. The highest BCUT2D eigenvalue weighted by atomic mass is 16.5. The topological polar surface area (TPSA) is 153 Å². The van der Waals surface area contributed by atoms with Gasteiger partial charge in [0, 0.05) is 27.2 Å². The predicted octanol–water partition coefficient (Wildman–Crippen LogP) is 1.86. The summed E-state index contributed by atoms with van der Waals surface area (Å²) in [5.41, 5.74) is 11.7. The molecular weight excluding hydrogens is 524 g/mol. The zero-order valence-corrected chi connectivity index (χ0v) is 24.7. The minimum atomic E-state index is -1.08. The molecule has 5 N–H and O–H groups in total. The molecule has 41 heavy (non-hydrogen) atoms. The minimum Gasteiger partial charge on any atom is -0.497 e. The SMILES string of the molecule is CC(C)(N)C(=O)N[C@H](COCc1ccccc1)C(N)=O.CN=CN(C)C(C(=O)N1CCCC1)c1ccc(OC)cc1. The van der Waals surface area contributed by atoms with E-state index in [0.29, 0.717) is 6.61 Å². The molecule has 11 nitrogen and oxygen atoms in total. The van der Waals surface area contributed by atoms with E-state index in [9.17, 15) is 14.4 Å². The molecule has 1 aliphatic heterocycles. The van der Waals surface area contributed by atoms with Gasteiger partial charge in [0.2, 0.25) is 17.7 Å². The van der Waals surface area contributed by atoms with Gasteiger partial charge >= 0.3 is 0 Å². The predicted molar refractivity (Wildman–Crippen MR) is 159 cm³/mol. The van der Waals surface area contributed by atoms with Gasteiger partial charge in [0.1, 0.15) is 17.8 Å². The van der Waals surface area contributed by atoms with E-state index in [4.69, 9.17) is 20.9 Å². The number of aliphatic imine (C=N–C) groups is 1. The van der Waals surface area contributed by atoms with Crippen LogP contribution in [0.5, 0.6) is 5.75 Å². The maximum atomic E-state index is 12.8. The van der Waals surface area contributed by atoms with Crippen LogP contribution < -0.4 is 21.5 Å². The van der Waals surface area contributed by atoms with Crippen molar-refractivity contribution < 1.29 is 23.9 Å². The van der Waals surface area contributed by atoms with Gasteiger partial charge in [-0.3, -0.25) is 19.4 Å². The maximum absolute atomic E-state index is 12.8. The van der Waals surface area contributed by atoms with Crippen molar-refractivity contribution in [2.24, 2.45) is 16.5 Å². The number of nitrogens with two attached hydrogens (primary N) is 2. The molecule has 0 spiro atoms. The molecule has 1 fully saturated rings. The zero-order chi connectivity index (χ0) is 30.4. The molecule has 3 rings (SSSR count). The summed E-state index contributed by atoms with van der Waals surface area (Å²) in [4.78, 5) is 43.6. The Hall–Kier alpha value is -3.96. The van der Waals surface area contributed by atoms with Crippen molar-refractivity contribution in [2.45, 2.75) is 50.9 Å². The van der Waals surface area contributed by atoms with Crippen LogP contribution >= 0.6 is 0 Å². The van der Waals surface area contributed by atoms with Crippen molar-refractivity contribution in [3.05, 3.63) is 65.7 Å². The molecule has 1 unspecified atom stereocenters. The molecule has 224 valence electrons. The molecular formula is C30H44N6O5. The van der Waals surface area contributed by atoms with E-state index < -0.39 is 23.4 Å². The number of amides is 3. The molecule has 2 aromatic carbocycles. The fourth-order valence-corrected chi connectivity index (χ4v) is 4.11. The number of methoxy groups -OCH3 is 1. The first-order valence-corrected chi connectivity index (χ1v) is 13.6. The monoisotopic (exact) mass is 568 g/mol. The summed E-state index contributed by atoms with van der Waals surface area (Å²) in [6, 6.07) is 15.9. The normalized spacial score (nSPS) is 14.5. The lowest BCUT2D eigenvalue weighted by Crippen LogP contribution is -2.56. The standard InChI is InChI=1S/C16H23N3O2.C14H21N3O3/c1-17-12-18(2)15(16(20)19-10-4-5-11-19)13-6-8-14(21-3)9-7-13;1-14(2,16)13(19)17-11(12(15)18)9-20-8-10-6-4-3-5-7-10/h6-9,12,15H,4-5,10-11H2,1-3H3;3-7,11H,8-9,16H2,1-2H3,(H2,15,18)(H,17,19)/t;11-/m.1/s1. The zero-order valence-electron chi connectivity index (χ0n) is 24.7. The number of rotatable bonds is 12. The molecule has 1 saturated heterocycles.